The molecule has 0 N–H and O–H groups in total. The fourth-order valence-corrected chi connectivity index (χ4v) is 4.04. The van der Waals surface area contributed by atoms with Crippen LogP contribution in [-0.2, 0) is 16.0 Å². The van der Waals surface area contributed by atoms with Gasteiger partial charge >= 0.3 is 11.9 Å². The Morgan fingerprint density at radius 3 is 1.84 bits per heavy atom. The number of carbonyl (C=O) groups excluding carboxylic acids is 2. The highest BCUT2D eigenvalue weighted by atomic mass is 16.5. The Bertz CT molecular complexity index is 989. The fourth-order valence-electron chi connectivity index (χ4n) is 4.04. The van der Waals surface area contributed by atoms with Gasteiger partial charge in [0.1, 0.15) is 0 Å². The molecule has 0 spiro atoms. The van der Waals surface area contributed by atoms with Gasteiger partial charge < -0.3 is 9.47 Å². The van der Waals surface area contributed by atoms with Crippen molar-refractivity contribution < 1.29 is 19.1 Å². The van der Waals surface area contributed by atoms with Gasteiger partial charge in [-0.2, -0.15) is 10.2 Å². The smallest absolute Gasteiger partial charge is 0.338 e. The second-order valence-electron chi connectivity index (χ2n) is 9.68. The Kier molecular flexibility index (Phi) is 14.2. The highest BCUT2D eigenvalue weighted by Gasteiger charge is 2.13. The molecule has 0 saturated carbocycles. The van der Waals surface area contributed by atoms with E-state index in [1.807, 2.05) is 12.1 Å². The van der Waals surface area contributed by atoms with Crippen LogP contribution in [0.4, 0.5) is 5.69 Å². The molecule has 2 atom stereocenters. The summed E-state index contributed by atoms with van der Waals surface area (Å²) >= 11 is 0. The van der Waals surface area contributed by atoms with Gasteiger partial charge in [0.15, 0.2) is 0 Å². The van der Waals surface area contributed by atoms with Gasteiger partial charge in [0.25, 0.3) is 0 Å². The SMILES string of the molecule is CCCCC(CC)COC(=O)c1cccc(CN=Nc2cccc(C(=O)OCC(CC)CCCC)c2)c1. The lowest BCUT2D eigenvalue weighted by molar-refractivity contribution is 0.0419. The van der Waals surface area contributed by atoms with Crippen LogP contribution >= 0.6 is 0 Å². The van der Waals surface area contributed by atoms with E-state index >= 15 is 0 Å². The Hall–Kier alpha value is -3.02. The summed E-state index contributed by atoms with van der Waals surface area (Å²) in [6.07, 6.45) is 8.75. The summed E-state index contributed by atoms with van der Waals surface area (Å²) in [4.78, 5) is 25.0. The molecule has 37 heavy (non-hydrogen) atoms. The van der Waals surface area contributed by atoms with Crippen molar-refractivity contribution in [3.05, 3.63) is 65.2 Å². The van der Waals surface area contributed by atoms with E-state index in [1.54, 1.807) is 36.4 Å². The number of rotatable bonds is 17. The highest BCUT2D eigenvalue weighted by Crippen LogP contribution is 2.19. The van der Waals surface area contributed by atoms with Crippen LogP contribution in [0.15, 0.2) is 58.8 Å². The maximum atomic E-state index is 12.5. The lowest BCUT2D eigenvalue weighted by Crippen LogP contribution is -2.14. The molecule has 0 aromatic heterocycles. The second kappa shape index (κ2) is 17.4. The lowest BCUT2D eigenvalue weighted by atomic mass is 10.0. The highest BCUT2D eigenvalue weighted by molar-refractivity contribution is 5.90. The number of azo groups is 1. The summed E-state index contributed by atoms with van der Waals surface area (Å²) in [5, 5.41) is 8.55. The van der Waals surface area contributed by atoms with E-state index < -0.39 is 0 Å². The van der Waals surface area contributed by atoms with E-state index in [0.29, 0.717) is 48.4 Å². The molecule has 202 valence electrons. The first-order valence-electron chi connectivity index (χ1n) is 13.9. The number of esters is 2. The first-order chi connectivity index (χ1) is 18.0. The van der Waals surface area contributed by atoms with Crippen molar-refractivity contribution in [1.82, 2.24) is 0 Å². The van der Waals surface area contributed by atoms with E-state index in [4.69, 9.17) is 9.47 Å². The summed E-state index contributed by atoms with van der Waals surface area (Å²) in [6, 6.07) is 14.3. The average molecular weight is 509 g/mol. The maximum absolute atomic E-state index is 12.5. The Morgan fingerprint density at radius 1 is 0.757 bits per heavy atom. The van der Waals surface area contributed by atoms with E-state index in [1.165, 1.54) is 0 Å². The molecule has 0 aliphatic carbocycles. The summed E-state index contributed by atoms with van der Waals surface area (Å²) < 4.78 is 11.1. The molecule has 0 heterocycles. The van der Waals surface area contributed by atoms with Crippen molar-refractivity contribution in [1.29, 1.82) is 0 Å². The number of unbranched alkanes of at least 4 members (excludes halogenated alkanes) is 2. The van der Waals surface area contributed by atoms with Gasteiger partial charge in [0.05, 0.1) is 36.6 Å². The van der Waals surface area contributed by atoms with Crippen molar-refractivity contribution in [2.75, 3.05) is 13.2 Å². The normalized spacial score (nSPS) is 12.9. The first-order valence-corrected chi connectivity index (χ1v) is 13.9. The van der Waals surface area contributed by atoms with Crippen molar-refractivity contribution in [3.63, 3.8) is 0 Å². The average Bonchev–Trinajstić information content (AvgIpc) is 2.93. The van der Waals surface area contributed by atoms with Crippen molar-refractivity contribution >= 4 is 17.6 Å². The number of carbonyl (C=O) groups is 2. The lowest BCUT2D eigenvalue weighted by Gasteiger charge is -2.14. The number of nitrogens with zero attached hydrogens (tertiary/aromatic N) is 2. The zero-order valence-electron chi connectivity index (χ0n) is 23.1. The van der Waals surface area contributed by atoms with Gasteiger partial charge in [-0.05, 0) is 60.6 Å². The summed E-state index contributed by atoms with van der Waals surface area (Å²) in [5.74, 6) is 0.162. The van der Waals surface area contributed by atoms with E-state index in [9.17, 15) is 9.59 Å². The molecule has 0 radical (unpaired) electrons. The minimum absolute atomic E-state index is 0.306. The van der Waals surface area contributed by atoms with Gasteiger partial charge in [-0.3, -0.25) is 0 Å². The number of hydrogen-bond donors (Lipinski definition) is 0. The fraction of sp³-hybridized carbons (Fsp3) is 0.548. The third-order valence-electron chi connectivity index (χ3n) is 6.67. The van der Waals surface area contributed by atoms with Crippen LogP contribution in [0.2, 0.25) is 0 Å². The van der Waals surface area contributed by atoms with Crippen LogP contribution in [-0.4, -0.2) is 25.2 Å². The number of benzene rings is 2. The standard InChI is InChI=1S/C31H44N2O4/c1-5-9-13-24(7-3)22-36-30(34)27-16-11-15-26(19-27)21-32-33-29-18-12-17-28(20-29)31(35)37-23-25(8-4)14-10-6-2/h11-12,15-20,24-25H,5-10,13-14,21-23H2,1-4H3. The Morgan fingerprint density at radius 2 is 1.30 bits per heavy atom. The zero-order chi connectivity index (χ0) is 26.9. The number of ether oxygens (including phenoxy) is 2. The van der Waals surface area contributed by atoms with Gasteiger partial charge in [0, 0.05) is 0 Å². The molecule has 0 fully saturated rings. The van der Waals surface area contributed by atoms with Crippen LogP contribution in [0.25, 0.3) is 0 Å². The van der Waals surface area contributed by atoms with Crippen LogP contribution in [0.1, 0.15) is 105 Å². The second-order valence-corrected chi connectivity index (χ2v) is 9.68. The molecule has 6 heteroatoms. The molecular weight excluding hydrogens is 464 g/mol. The van der Waals surface area contributed by atoms with Gasteiger partial charge in [-0.1, -0.05) is 84.4 Å². The molecular formula is C31H44N2O4. The molecule has 2 aromatic carbocycles. The minimum atomic E-state index is -0.335. The molecule has 0 saturated heterocycles. The minimum Gasteiger partial charge on any atom is -0.462 e. The Balaban J connectivity index is 1.91. The third kappa shape index (κ3) is 11.3. The molecule has 2 unspecified atom stereocenters. The third-order valence-corrected chi connectivity index (χ3v) is 6.67. The van der Waals surface area contributed by atoms with Crippen molar-refractivity contribution in [2.45, 2.75) is 85.6 Å². The van der Waals surface area contributed by atoms with E-state index in [2.05, 4.69) is 37.9 Å². The predicted octanol–water partition coefficient (Wildman–Crippen LogP) is 8.72. The van der Waals surface area contributed by atoms with Crippen LogP contribution in [0.5, 0.6) is 0 Å². The summed E-state index contributed by atoms with van der Waals surface area (Å²) in [7, 11) is 0. The maximum Gasteiger partial charge on any atom is 0.338 e. The van der Waals surface area contributed by atoms with Gasteiger partial charge in [-0.15, -0.1) is 0 Å². The molecule has 0 aliphatic rings. The van der Waals surface area contributed by atoms with E-state index in [0.717, 1.165) is 56.9 Å². The van der Waals surface area contributed by atoms with Crippen LogP contribution in [0, 0.1) is 11.8 Å². The van der Waals surface area contributed by atoms with Gasteiger partial charge in [-0.25, -0.2) is 9.59 Å². The predicted molar refractivity (Wildman–Crippen MR) is 148 cm³/mol. The van der Waals surface area contributed by atoms with Crippen molar-refractivity contribution in [2.24, 2.45) is 22.1 Å². The largest absolute Gasteiger partial charge is 0.462 e. The molecule has 0 aliphatic heterocycles. The summed E-state index contributed by atoms with van der Waals surface area (Å²) in [6.45, 7) is 9.82. The van der Waals surface area contributed by atoms with Crippen molar-refractivity contribution in [3.8, 4) is 0 Å². The molecule has 0 bridgehead atoms. The molecule has 0 amide bonds. The van der Waals surface area contributed by atoms with Crippen LogP contribution < -0.4 is 0 Å². The Labute approximate surface area is 222 Å². The van der Waals surface area contributed by atoms with Crippen LogP contribution in [0.3, 0.4) is 0 Å². The quantitative estimate of drug-likeness (QED) is 0.158. The van der Waals surface area contributed by atoms with E-state index in [-0.39, 0.29) is 11.9 Å². The molecule has 2 rings (SSSR count). The monoisotopic (exact) mass is 508 g/mol. The number of hydrogen-bond acceptors (Lipinski definition) is 6. The molecule has 2 aromatic rings. The molecule has 6 nitrogen and oxygen atoms in total. The first kappa shape index (κ1) is 30.2. The zero-order valence-corrected chi connectivity index (χ0v) is 23.1. The topological polar surface area (TPSA) is 77.3 Å². The van der Waals surface area contributed by atoms with Gasteiger partial charge in [0.2, 0.25) is 0 Å². The summed E-state index contributed by atoms with van der Waals surface area (Å²) in [5.41, 5.74) is 2.44.